The summed E-state index contributed by atoms with van der Waals surface area (Å²) in [5.41, 5.74) is 2.67. The van der Waals surface area contributed by atoms with Crippen LogP contribution in [0.25, 0.3) is 0 Å². The highest BCUT2D eigenvalue weighted by Gasteiger charge is 2.39. The lowest BCUT2D eigenvalue weighted by Gasteiger charge is -2.44. The Morgan fingerprint density at radius 3 is 2.04 bits per heavy atom. The summed E-state index contributed by atoms with van der Waals surface area (Å²) in [5, 5.41) is 0. The van der Waals surface area contributed by atoms with E-state index in [4.69, 9.17) is 9.47 Å². The van der Waals surface area contributed by atoms with E-state index < -0.39 is 0 Å². The third kappa shape index (κ3) is 3.24. The van der Waals surface area contributed by atoms with Gasteiger partial charge in [-0.05, 0) is 59.6 Å². The Labute approximate surface area is 137 Å². The van der Waals surface area contributed by atoms with Crippen molar-refractivity contribution in [3.05, 3.63) is 59.7 Å². The third-order valence-corrected chi connectivity index (χ3v) is 4.74. The molecule has 1 fully saturated rings. The van der Waals surface area contributed by atoms with Crippen LogP contribution in [0.15, 0.2) is 48.5 Å². The van der Waals surface area contributed by atoms with Crippen molar-refractivity contribution in [3.8, 4) is 11.5 Å². The fraction of sp³-hybridized carbons (Fsp3) is 0.350. The summed E-state index contributed by atoms with van der Waals surface area (Å²) in [7, 11) is 1.69. The average molecular weight is 310 g/mol. The molecule has 3 heteroatoms. The van der Waals surface area contributed by atoms with Gasteiger partial charge in [0, 0.05) is 6.92 Å². The van der Waals surface area contributed by atoms with E-state index >= 15 is 0 Å². The summed E-state index contributed by atoms with van der Waals surface area (Å²) in [6, 6.07) is 16.3. The number of carbonyl (C=O) groups is 1. The summed E-state index contributed by atoms with van der Waals surface area (Å²) in [6.07, 6.45) is 1.18. The molecule has 23 heavy (non-hydrogen) atoms. The molecule has 1 aliphatic carbocycles. The van der Waals surface area contributed by atoms with Crippen LogP contribution in [-0.4, -0.2) is 13.1 Å². The summed E-state index contributed by atoms with van der Waals surface area (Å²) in [6.45, 7) is 3.72. The zero-order valence-electron chi connectivity index (χ0n) is 13.8. The predicted molar refractivity (Wildman–Crippen MR) is 90.0 cm³/mol. The minimum atomic E-state index is -0.286. The van der Waals surface area contributed by atoms with Gasteiger partial charge < -0.3 is 9.47 Å². The van der Waals surface area contributed by atoms with Gasteiger partial charge in [-0.1, -0.05) is 31.2 Å². The van der Waals surface area contributed by atoms with Crippen LogP contribution in [0.4, 0.5) is 0 Å². The molecule has 0 aliphatic heterocycles. The fourth-order valence-corrected chi connectivity index (χ4v) is 3.57. The molecule has 1 saturated carbocycles. The Balaban J connectivity index is 1.78. The van der Waals surface area contributed by atoms with Gasteiger partial charge >= 0.3 is 5.97 Å². The molecule has 0 amide bonds. The molecule has 0 N–H and O–H groups in total. The molecule has 0 radical (unpaired) electrons. The van der Waals surface area contributed by atoms with E-state index in [1.807, 2.05) is 24.3 Å². The van der Waals surface area contributed by atoms with Crippen LogP contribution in [0.3, 0.4) is 0 Å². The van der Waals surface area contributed by atoms with E-state index in [2.05, 4.69) is 31.2 Å². The number of benzene rings is 2. The zero-order chi connectivity index (χ0) is 16.4. The van der Waals surface area contributed by atoms with E-state index in [0.29, 0.717) is 23.5 Å². The first-order valence-corrected chi connectivity index (χ1v) is 8.01. The summed E-state index contributed by atoms with van der Waals surface area (Å²) in [5.74, 6) is 2.93. The number of carbonyl (C=O) groups excluding carboxylic acids is 1. The van der Waals surface area contributed by atoms with E-state index in [-0.39, 0.29) is 5.97 Å². The highest BCUT2D eigenvalue weighted by atomic mass is 16.5. The van der Waals surface area contributed by atoms with E-state index in [9.17, 15) is 4.79 Å². The molecular weight excluding hydrogens is 288 g/mol. The second-order valence-electron chi connectivity index (χ2n) is 6.28. The van der Waals surface area contributed by atoms with Crippen LogP contribution in [-0.2, 0) is 4.79 Å². The van der Waals surface area contributed by atoms with Crippen LogP contribution in [0, 0.1) is 5.92 Å². The Kier molecular flexibility index (Phi) is 4.37. The van der Waals surface area contributed by atoms with Gasteiger partial charge in [0.1, 0.15) is 11.5 Å². The topological polar surface area (TPSA) is 35.5 Å². The Morgan fingerprint density at radius 1 is 0.957 bits per heavy atom. The molecule has 0 bridgehead atoms. The van der Waals surface area contributed by atoms with Crippen molar-refractivity contribution in [1.82, 2.24) is 0 Å². The molecule has 3 atom stereocenters. The Morgan fingerprint density at radius 2 is 1.52 bits per heavy atom. The van der Waals surface area contributed by atoms with Gasteiger partial charge in [-0.2, -0.15) is 0 Å². The Hall–Kier alpha value is -2.29. The first kappa shape index (κ1) is 15.6. The van der Waals surface area contributed by atoms with Crippen LogP contribution < -0.4 is 9.47 Å². The minimum Gasteiger partial charge on any atom is -0.497 e. The first-order chi connectivity index (χ1) is 11.1. The van der Waals surface area contributed by atoms with Crippen molar-refractivity contribution < 1.29 is 14.3 Å². The normalized spacial score (nSPS) is 23.0. The maximum atomic E-state index is 11.0. The van der Waals surface area contributed by atoms with Crippen molar-refractivity contribution in [2.75, 3.05) is 7.11 Å². The van der Waals surface area contributed by atoms with Crippen LogP contribution in [0.1, 0.15) is 43.2 Å². The van der Waals surface area contributed by atoms with Gasteiger partial charge in [0.15, 0.2) is 0 Å². The number of esters is 1. The minimum absolute atomic E-state index is 0.286. The van der Waals surface area contributed by atoms with Crippen molar-refractivity contribution in [2.45, 2.75) is 32.1 Å². The molecule has 0 unspecified atom stereocenters. The lowest BCUT2D eigenvalue weighted by Crippen LogP contribution is -2.30. The lowest BCUT2D eigenvalue weighted by molar-refractivity contribution is -0.131. The monoisotopic (exact) mass is 310 g/mol. The SMILES string of the molecule is COc1ccc([C@H]2[C@H](C)C[C@@H]2c2ccc(OC(C)=O)cc2)cc1. The van der Waals surface area contributed by atoms with Crippen molar-refractivity contribution >= 4 is 5.97 Å². The second kappa shape index (κ2) is 6.45. The fourth-order valence-electron chi connectivity index (χ4n) is 3.57. The van der Waals surface area contributed by atoms with Crippen molar-refractivity contribution in [2.24, 2.45) is 5.92 Å². The van der Waals surface area contributed by atoms with Gasteiger partial charge in [0.25, 0.3) is 0 Å². The van der Waals surface area contributed by atoms with Crippen molar-refractivity contribution in [1.29, 1.82) is 0 Å². The van der Waals surface area contributed by atoms with Gasteiger partial charge in [-0.15, -0.1) is 0 Å². The number of hydrogen-bond donors (Lipinski definition) is 0. The molecule has 0 aromatic heterocycles. The highest BCUT2D eigenvalue weighted by Crippen LogP contribution is 2.53. The molecule has 2 aromatic rings. The van der Waals surface area contributed by atoms with Crippen LogP contribution in [0.2, 0.25) is 0 Å². The molecular formula is C20H22O3. The molecule has 0 saturated heterocycles. The van der Waals surface area contributed by atoms with Crippen LogP contribution in [0.5, 0.6) is 11.5 Å². The molecule has 0 spiro atoms. The Bertz CT molecular complexity index is 673. The number of ether oxygens (including phenoxy) is 2. The summed E-state index contributed by atoms with van der Waals surface area (Å²) >= 11 is 0. The third-order valence-electron chi connectivity index (χ3n) is 4.74. The molecule has 3 rings (SSSR count). The second-order valence-corrected chi connectivity index (χ2v) is 6.28. The lowest BCUT2D eigenvalue weighted by atomic mass is 9.60. The number of methoxy groups -OCH3 is 1. The standard InChI is InChI=1S/C20H22O3/c1-13-12-19(15-4-10-18(11-5-15)23-14(2)21)20(13)16-6-8-17(22-3)9-7-16/h4-11,13,19-20H,12H2,1-3H3/t13-,19-,20-/m1/s1. The smallest absolute Gasteiger partial charge is 0.308 e. The van der Waals surface area contributed by atoms with E-state index in [1.165, 1.54) is 24.5 Å². The quantitative estimate of drug-likeness (QED) is 0.615. The highest BCUT2D eigenvalue weighted by molar-refractivity contribution is 5.69. The molecule has 1 aliphatic rings. The maximum absolute atomic E-state index is 11.0. The largest absolute Gasteiger partial charge is 0.497 e. The maximum Gasteiger partial charge on any atom is 0.308 e. The summed E-state index contributed by atoms with van der Waals surface area (Å²) < 4.78 is 10.3. The number of rotatable bonds is 4. The predicted octanol–water partition coefficient (Wildman–Crippen LogP) is 4.53. The van der Waals surface area contributed by atoms with Gasteiger partial charge in [0.2, 0.25) is 0 Å². The molecule has 0 heterocycles. The number of hydrogen-bond acceptors (Lipinski definition) is 3. The van der Waals surface area contributed by atoms with Crippen LogP contribution >= 0.6 is 0 Å². The molecule has 120 valence electrons. The summed E-state index contributed by atoms with van der Waals surface area (Å²) in [4.78, 5) is 11.0. The van der Waals surface area contributed by atoms with Gasteiger partial charge in [-0.25, -0.2) is 0 Å². The molecule has 2 aromatic carbocycles. The van der Waals surface area contributed by atoms with Gasteiger partial charge in [0.05, 0.1) is 7.11 Å². The van der Waals surface area contributed by atoms with E-state index in [1.54, 1.807) is 7.11 Å². The first-order valence-electron chi connectivity index (χ1n) is 8.01. The van der Waals surface area contributed by atoms with Crippen molar-refractivity contribution in [3.63, 3.8) is 0 Å². The van der Waals surface area contributed by atoms with Gasteiger partial charge in [-0.3, -0.25) is 4.79 Å². The zero-order valence-corrected chi connectivity index (χ0v) is 13.8. The molecule has 3 nitrogen and oxygen atoms in total. The average Bonchev–Trinajstić information content (AvgIpc) is 2.53. The van der Waals surface area contributed by atoms with E-state index in [0.717, 1.165) is 5.75 Å².